The van der Waals surface area contributed by atoms with E-state index in [1.54, 1.807) is 7.11 Å². The third kappa shape index (κ3) is 3.31. The summed E-state index contributed by atoms with van der Waals surface area (Å²) in [6.45, 7) is 8.96. The maximum Gasteiger partial charge on any atom is 0.118 e. The van der Waals surface area contributed by atoms with Gasteiger partial charge in [0.15, 0.2) is 0 Å². The number of hydrogen-bond acceptors (Lipinski definition) is 3. The molecule has 0 radical (unpaired) electrons. The highest BCUT2D eigenvalue weighted by atomic mass is 16.5. The van der Waals surface area contributed by atoms with Crippen LogP contribution in [-0.2, 0) is 4.74 Å². The first-order chi connectivity index (χ1) is 10.6. The van der Waals surface area contributed by atoms with Crippen LogP contribution in [0.25, 0.3) is 0 Å². The van der Waals surface area contributed by atoms with Crippen LogP contribution in [0.5, 0.6) is 5.75 Å². The first kappa shape index (κ1) is 15.8. The molecule has 3 rings (SSSR count). The van der Waals surface area contributed by atoms with E-state index in [2.05, 4.69) is 43.0 Å². The molecule has 0 bridgehead atoms. The molecule has 1 saturated carbocycles. The van der Waals surface area contributed by atoms with Crippen LogP contribution in [0.4, 0.5) is 0 Å². The highest BCUT2D eigenvalue weighted by Gasteiger charge is 2.48. The van der Waals surface area contributed by atoms with Crippen molar-refractivity contribution in [3.63, 3.8) is 0 Å². The van der Waals surface area contributed by atoms with E-state index in [9.17, 15) is 0 Å². The van der Waals surface area contributed by atoms with E-state index >= 15 is 0 Å². The smallest absolute Gasteiger partial charge is 0.118 e. The van der Waals surface area contributed by atoms with Crippen molar-refractivity contribution in [3.8, 4) is 5.75 Å². The molecule has 0 N–H and O–H groups in total. The molecule has 1 aromatic rings. The Morgan fingerprint density at radius 1 is 1.27 bits per heavy atom. The molecule has 1 unspecified atom stereocenters. The number of likely N-dealkylation sites (tertiary alicyclic amines) is 1. The predicted octanol–water partition coefficient (Wildman–Crippen LogP) is 3.69. The van der Waals surface area contributed by atoms with Gasteiger partial charge in [-0.1, -0.05) is 19.1 Å². The van der Waals surface area contributed by atoms with Crippen molar-refractivity contribution in [2.24, 2.45) is 5.41 Å². The van der Waals surface area contributed by atoms with Gasteiger partial charge in [-0.2, -0.15) is 0 Å². The monoisotopic (exact) mass is 303 g/mol. The van der Waals surface area contributed by atoms with Crippen LogP contribution >= 0.6 is 0 Å². The zero-order valence-electron chi connectivity index (χ0n) is 14.2. The molecule has 2 fully saturated rings. The normalized spacial score (nSPS) is 29.5. The third-order valence-electron chi connectivity index (χ3n) is 5.46. The summed E-state index contributed by atoms with van der Waals surface area (Å²) in [5.41, 5.74) is 1.97. The summed E-state index contributed by atoms with van der Waals surface area (Å²) in [6.07, 6.45) is 4.43. The fourth-order valence-corrected chi connectivity index (χ4v) is 4.20. The molecule has 1 heterocycles. The molecular weight excluding hydrogens is 274 g/mol. The number of ether oxygens (including phenoxy) is 2. The summed E-state index contributed by atoms with van der Waals surface area (Å²) >= 11 is 0. The topological polar surface area (TPSA) is 21.7 Å². The Labute approximate surface area is 134 Å². The number of rotatable bonds is 6. The molecule has 1 saturated heterocycles. The summed E-state index contributed by atoms with van der Waals surface area (Å²) in [7, 11) is 1.72. The summed E-state index contributed by atoms with van der Waals surface area (Å²) in [5, 5.41) is 0. The van der Waals surface area contributed by atoms with Crippen LogP contribution < -0.4 is 4.74 Å². The van der Waals surface area contributed by atoms with Crippen molar-refractivity contribution >= 4 is 0 Å². The Morgan fingerprint density at radius 2 is 2.00 bits per heavy atom. The zero-order chi connectivity index (χ0) is 15.6. The first-order valence-electron chi connectivity index (χ1n) is 8.62. The van der Waals surface area contributed by atoms with E-state index in [1.807, 2.05) is 0 Å². The summed E-state index contributed by atoms with van der Waals surface area (Å²) in [6, 6.07) is 8.53. The lowest BCUT2D eigenvalue weighted by Crippen LogP contribution is -2.44. The van der Waals surface area contributed by atoms with Crippen LogP contribution in [0.15, 0.2) is 24.3 Å². The average molecular weight is 303 g/mol. The summed E-state index contributed by atoms with van der Waals surface area (Å²) in [5.74, 6) is 1.51. The average Bonchev–Trinajstić information content (AvgIpc) is 2.91. The molecule has 2 aliphatic rings. The van der Waals surface area contributed by atoms with Crippen molar-refractivity contribution in [2.75, 3.05) is 33.4 Å². The molecule has 0 aromatic heterocycles. The van der Waals surface area contributed by atoms with Crippen molar-refractivity contribution in [1.82, 2.24) is 4.90 Å². The summed E-state index contributed by atoms with van der Waals surface area (Å²) in [4.78, 5) is 2.65. The molecule has 1 aliphatic heterocycles. The van der Waals surface area contributed by atoms with Gasteiger partial charge in [-0.15, -0.1) is 0 Å². The number of benzene rings is 1. The van der Waals surface area contributed by atoms with Crippen LogP contribution in [0.1, 0.15) is 44.6 Å². The highest BCUT2D eigenvalue weighted by Crippen LogP contribution is 2.49. The Hall–Kier alpha value is -1.06. The molecular formula is C19H29NO2. The number of hydrogen-bond donors (Lipinski definition) is 0. The van der Waals surface area contributed by atoms with Gasteiger partial charge in [0.2, 0.25) is 0 Å². The van der Waals surface area contributed by atoms with Gasteiger partial charge in [0.05, 0.1) is 13.2 Å². The lowest BCUT2D eigenvalue weighted by Gasteiger charge is -2.45. The Bertz CT molecular complexity index is 479. The zero-order valence-corrected chi connectivity index (χ0v) is 14.2. The van der Waals surface area contributed by atoms with Gasteiger partial charge in [-0.25, -0.2) is 0 Å². The van der Waals surface area contributed by atoms with Crippen molar-refractivity contribution in [1.29, 1.82) is 0 Å². The maximum atomic E-state index is 5.74. The predicted molar refractivity (Wildman–Crippen MR) is 89.5 cm³/mol. The molecule has 3 heteroatoms. The lowest BCUT2D eigenvalue weighted by molar-refractivity contribution is -0.0717. The second kappa shape index (κ2) is 6.59. The minimum atomic E-state index is 0.531. The summed E-state index contributed by atoms with van der Waals surface area (Å²) < 4.78 is 11.0. The van der Waals surface area contributed by atoms with Crippen LogP contribution in [0.2, 0.25) is 0 Å². The second-order valence-electron chi connectivity index (χ2n) is 7.14. The molecule has 1 spiro atoms. The Balaban J connectivity index is 1.49. The standard InChI is InChI=1S/C19H29NO2/c1-4-22-18-11-19(12-18)9-10-20(14-19)13-15(2)16-5-7-17(21-3)8-6-16/h5-8,15,18H,4,9-14H2,1-3H3. The van der Waals surface area contributed by atoms with E-state index in [-0.39, 0.29) is 0 Å². The van der Waals surface area contributed by atoms with Crippen LogP contribution in [0, 0.1) is 5.41 Å². The molecule has 1 aliphatic carbocycles. The van der Waals surface area contributed by atoms with E-state index < -0.39 is 0 Å². The molecule has 3 nitrogen and oxygen atoms in total. The van der Waals surface area contributed by atoms with Gasteiger partial charge in [-0.3, -0.25) is 0 Å². The minimum absolute atomic E-state index is 0.531. The minimum Gasteiger partial charge on any atom is -0.497 e. The molecule has 1 aromatic carbocycles. The van der Waals surface area contributed by atoms with Crippen molar-refractivity contribution < 1.29 is 9.47 Å². The molecule has 22 heavy (non-hydrogen) atoms. The maximum absolute atomic E-state index is 5.74. The van der Waals surface area contributed by atoms with Crippen LogP contribution in [-0.4, -0.2) is 44.4 Å². The molecule has 0 amide bonds. The first-order valence-corrected chi connectivity index (χ1v) is 8.62. The van der Waals surface area contributed by atoms with Gasteiger partial charge in [-0.05, 0) is 61.8 Å². The number of methoxy groups -OCH3 is 1. The van der Waals surface area contributed by atoms with E-state index in [1.165, 1.54) is 37.9 Å². The van der Waals surface area contributed by atoms with Gasteiger partial charge in [0, 0.05) is 19.7 Å². The van der Waals surface area contributed by atoms with E-state index in [4.69, 9.17) is 9.47 Å². The lowest BCUT2D eigenvalue weighted by atomic mass is 9.66. The SMILES string of the molecule is CCOC1CC2(CCN(CC(C)c3ccc(OC)cc3)C2)C1. The van der Waals surface area contributed by atoms with E-state index in [0.29, 0.717) is 17.4 Å². The van der Waals surface area contributed by atoms with E-state index in [0.717, 1.165) is 18.9 Å². The van der Waals surface area contributed by atoms with Crippen LogP contribution in [0.3, 0.4) is 0 Å². The Kier molecular flexibility index (Phi) is 4.74. The highest BCUT2D eigenvalue weighted by molar-refractivity contribution is 5.29. The molecule has 1 atom stereocenters. The fraction of sp³-hybridized carbons (Fsp3) is 0.684. The van der Waals surface area contributed by atoms with Crippen molar-refractivity contribution in [2.45, 2.75) is 45.1 Å². The quantitative estimate of drug-likeness (QED) is 0.800. The largest absolute Gasteiger partial charge is 0.497 e. The third-order valence-corrected chi connectivity index (χ3v) is 5.46. The second-order valence-corrected chi connectivity index (χ2v) is 7.14. The Morgan fingerprint density at radius 3 is 2.64 bits per heavy atom. The number of nitrogens with zero attached hydrogens (tertiary/aromatic N) is 1. The van der Waals surface area contributed by atoms with Gasteiger partial charge >= 0.3 is 0 Å². The van der Waals surface area contributed by atoms with Gasteiger partial charge in [0.25, 0.3) is 0 Å². The molecule has 122 valence electrons. The fourth-order valence-electron chi connectivity index (χ4n) is 4.20. The van der Waals surface area contributed by atoms with Gasteiger partial charge in [0.1, 0.15) is 5.75 Å². The van der Waals surface area contributed by atoms with Crippen molar-refractivity contribution in [3.05, 3.63) is 29.8 Å². The van der Waals surface area contributed by atoms with Gasteiger partial charge < -0.3 is 14.4 Å².